The van der Waals surface area contributed by atoms with Crippen molar-refractivity contribution in [3.05, 3.63) is 0 Å². The molecule has 4 nitrogen and oxygen atoms in total. The molecule has 0 saturated heterocycles. The topological polar surface area (TPSA) is 64.3 Å². The van der Waals surface area contributed by atoms with E-state index in [1.165, 1.54) is 0 Å². The molecule has 14 heavy (non-hydrogen) atoms. The molecule has 0 bridgehead atoms. The van der Waals surface area contributed by atoms with Gasteiger partial charge in [-0.25, -0.2) is 5.84 Å². The predicted molar refractivity (Wildman–Crippen MR) is 59.9 cm³/mol. The second-order valence-electron chi connectivity index (χ2n) is 3.22. The van der Waals surface area contributed by atoms with Gasteiger partial charge < -0.3 is 4.74 Å². The smallest absolute Gasteiger partial charge is 0.237 e. The quantitative estimate of drug-likeness (QED) is 0.288. The van der Waals surface area contributed by atoms with Crippen LogP contribution in [0.1, 0.15) is 20.3 Å². The van der Waals surface area contributed by atoms with E-state index in [0.29, 0.717) is 0 Å². The molecule has 0 aromatic carbocycles. The van der Waals surface area contributed by atoms with Gasteiger partial charge in [0, 0.05) is 24.9 Å². The molecule has 0 saturated carbocycles. The van der Waals surface area contributed by atoms with Crippen LogP contribution in [0.15, 0.2) is 0 Å². The van der Waals surface area contributed by atoms with E-state index in [4.69, 9.17) is 10.6 Å². The highest BCUT2D eigenvalue weighted by atomic mass is 32.2. The van der Waals surface area contributed by atoms with Gasteiger partial charge in [0.05, 0.1) is 0 Å². The molecular formula is C9H20N2O2S. The number of amides is 1. The first-order valence-corrected chi connectivity index (χ1v) is 5.79. The lowest BCUT2D eigenvalue weighted by atomic mass is 10.1. The van der Waals surface area contributed by atoms with Crippen LogP contribution in [-0.4, -0.2) is 30.6 Å². The van der Waals surface area contributed by atoms with Crippen molar-refractivity contribution in [2.75, 3.05) is 19.5 Å². The van der Waals surface area contributed by atoms with Crippen molar-refractivity contribution in [2.24, 2.45) is 11.8 Å². The van der Waals surface area contributed by atoms with E-state index < -0.39 is 0 Å². The third-order valence-corrected chi connectivity index (χ3v) is 3.59. The van der Waals surface area contributed by atoms with Crippen LogP contribution >= 0.6 is 11.8 Å². The summed E-state index contributed by atoms with van der Waals surface area (Å²) in [6.45, 7) is 4.70. The van der Waals surface area contributed by atoms with E-state index in [1.807, 2.05) is 13.8 Å². The maximum atomic E-state index is 11.2. The number of rotatable bonds is 7. The second kappa shape index (κ2) is 8.08. The molecule has 0 spiro atoms. The summed E-state index contributed by atoms with van der Waals surface area (Å²) in [5, 5.41) is 0.287. The van der Waals surface area contributed by atoms with Crippen LogP contribution in [0.3, 0.4) is 0 Å². The van der Waals surface area contributed by atoms with Gasteiger partial charge in [-0.2, -0.15) is 11.8 Å². The van der Waals surface area contributed by atoms with Crippen LogP contribution in [0.5, 0.6) is 0 Å². The minimum atomic E-state index is -0.100. The predicted octanol–water partition coefficient (Wildman–Crippen LogP) is 0.771. The first-order valence-electron chi connectivity index (χ1n) is 4.74. The van der Waals surface area contributed by atoms with Gasteiger partial charge in [0.2, 0.25) is 5.91 Å². The lowest BCUT2D eigenvalue weighted by Gasteiger charge is -2.17. The molecule has 84 valence electrons. The molecule has 5 heteroatoms. The molecule has 0 aliphatic carbocycles. The zero-order chi connectivity index (χ0) is 11.0. The fourth-order valence-electron chi connectivity index (χ4n) is 0.961. The zero-order valence-electron chi connectivity index (χ0n) is 9.08. The van der Waals surface area contributed by atoms with Crippen molar-refractivity contribution < 1.29 is 9.53 Å². The van der Waals surface area contributed by atoms with Crippen LogP contribution in [0.2, 0.25) is 0 Å². The number of thioether (sulfide) groups is 1. The third kappa shape index (κ3) is 5.47. The fourth-order valence-corrected chi connectivity index (χ4v) is 2.03. The van der Waals surface area contributed by atoms with Gasteiger partial charge in [0.25, 0.3) is 0 Å². The standard InChI is InChI=1S/C9H20N2O2S/c1-7(9(12)11-10)8(2)14-6-4-5-13-3/h7-8H,4-6,10H2,1-3H3,(H,11,12). The van der Waals surface area contributed by atoms with Crippen molar-refractivity contribution >= 4 is 17.7 Å². The number of nitrogens with one attached hydrogen (secondary N) is 1. The summed E-state index contributed by atoms with van der Waals surface area (Å²) in [6, 6.07) is 0. The summed E-state index contributed by atoms with van der Waals surface area (Å²) in [7, 11) is 1.69. The molecule has 2 unspecified atom stereocenters. The second-order valence-corrected chi connectivity index (χ2v) is 4.70. The van der Waals surface area contributed by atoms with E-state index in [2.05, 4.69) is 5.43 Å². The van der Waals surface area contributed by atoms with E-state index in [9.17, 15) is 4.79 Å². The van der Waals surface area contributed by atoms with Crippen LogP contribution in [-0.2, 0) is 9.53 Å². The van der Waals surface area contributed by atoms with Crippen LogP contribution in [0.4, 0.5) is 0 Å². The van der Waals surface area contributed by atoms with Crippen LogP contribution in [0.25, 0.3) is 0 Å². The van der Waals surface area contributed by atoms with E-state index in [1.54, 1.807) is 18.9 Å². The Hall–Kier alpha value is -0.260. The molecule has 2 atom stereocenters. The number of hydrazine groups is 1. The molecule has 0 aliphatic rings. The SMILES string of the molecule is COCCCSC(C)C(C)C(=O)NN. The summed E-state index contributed by atoms with van der Waals surface area (Å²) in [5.74, 6) is 5.92. The Morgan fingerprint density at radius 3 is 2.71 bits per heavy atom. The third-order valence-electron chi connectivity index (χ3n) is 2.13. The van der Waals surface area contributed by atoms with Crippen molar-refractivity contribution in [2.45, 2.75) is 25.5 Å². The summed E-state index contributed by atoms with van der Waals surface area (Å²) in [5.41, 5.74) is 2.17. The number of ether oxygens (including phenoxy) is 1. The van der Waals surface area contributed by atoms with Gasteiger partial charge in [-0.1, -0.05) is 13.8 Å². The Labute approximate surface area is 89.9 Å². The lowest BCUT2D eigenvalue weighted by Crippen LogP contribution is -2.38. The lowest BCUT2D eigenvalue weighted by molar-refractivity contribution is -0.124. The van der Waals surface area contributed by atoms with Crippen molar-refractivity contribution in [3.8, 4) is 0 Å². The molecule has 0 aromatic heterocycles. The maximum Gasteiger partial charge on any atom is 0.237 e. The van der Waals surface area contributed by atoms with Crippen LogP contribution < -0.4 is 11.3 Å². The number of methoxy groups -OCH3 is 1. The number of nitrogens with two attached hydrogens (primary N) is 1. The highest BCUT2D eigenvalue weighted by Crippen LogP contribution is 2.19. The van der Waals surface area contributed by atoms with Gasteiger partial charge in [0.1, 0.15) is 0 Å². The summed E-state index contributed by atoms with van der Waals surface area (Å²) < 4.78 is 4.94. The maximum absolute atomic E-state index is 11.2. The van der Waals surface area contributed by atoms with Gasteiger partial charge in [-0.15, -0.1) is 0 Å². The Balaban J connectivity index is 3.61. The Morgan fingerprint density at radius 1 is 1.57 bits per heavy atom. The first-order chi connectivity index (χ1) is 6.63. The molecule has 0 fully saturated rings. The van der Waals surface area contributed by atoms with Gasteiger partial charge in [-0.05, 0) is 12.2 Å². The Bertz CT molecular complexity index is 167. The zero-order valence-corrected chi connectivity index (χ0v) is 9.89. The minimum Gasteiger partial charge on any atom is -0.385 e. The molecule has 0 radical (unpaired) electrons. The van der Waals surface area contributed by atoms with Gasteiger partial charge in [-0.3, -0.25) is 10.2 Å². The largest absolute Gasteiger partial charge is 0.385 e. The number of carbonyl (C=O) groups is 1. The van der Waals surface area contributed by atoms with Crippen molar-refractivity contribution in [1.29, 1.82) is 0 Å². The Kier molecular flexibility index (Phi) is 7.93. The van der Waals surface area contributed by atoms with Gasteiger partial charge >= 0.3 is 0 Å². The molecule has 0 heterocycles. The molecular weight excluding hydrogens is 200 g/mol. The fraction of sp³-hybridized carbons (Fsp3) is 0.889. The number of carbonyl (C=O) groups excluding carboxylic acids is 1. The van der Waals surface area contributed by atoms with Crippen molar-refractivity contribution in [3.63, 3.8) is 0 Å². The monoisotopic (exact) mass is 220 g/mol. The minimum absolute atomic E-state index is 0.0486. The van der Waals surface area contributed by atoms with E-state index in [-0.39, 0.29) is 17.1 Å². The molecule has 0 rings (SSSR count). The molecule has 0 aliphatic heterocycles. The number of hydrogen-bond acceptors (Lipinski definition) is 4. The molecule has 1 amide bonds. The average Bonchev–Trinajstić information content (AvgIpc) is 2.21. The van der Waals surface area contributed by atoms with Crippen molar-refractivity contribution in [1.82, 2.24) is 5.43 Å². The highest BCUT2D eigenvalue weighted by molar-refractivity contribution is 7.99. The molecule has 0 aromatic rings. The normalized spacial score (nSPS) is 14.9. The summed E-state index contributed by atoms with van der Waals surface area (Å²) >= 11 is 1.77. The molecule has 3 N–H and O–H groups in total. The van der Waals surface area contributed by atoms with Gasteiger partial charge in [0.15, 0.2) is 0 Å². The first kappa shape index (κ1) is 13.7. The highest BCUT2D eigenvalue weighted by Gasteiger charge is 2.19. The average molecular weight is 220 g/mol. The summed E-state index contributed by atoms with van der Waals surface area (Å²) in [4.78, 5) is 11.2. The van der Waals surface area contributed by atoms with Crippen LogP contribution in [0, 0.1) is 5.92 Å². The van der Waals surface area contributed by atoms with E-state index in [0.717, 1.165) is 18.8 Å². The van der Waals surface area contributed by atoms with E-state index >= 15 is 0 Å². The summed E-state index contributed by atoms with van der Waals surface area (Å²) in [6.07, 6.45) is 1.02. The Morgan fingerprint density at radius 2 is 2.21 bits per heavy atom. The number of hydrogen-bond donors (Lipinski definition) is 2.